The fourth-order valence-corrected chi connectivity index (χ4v) is 2.52. The van der Waals surface area contributed by atoms with Gasteiger partial charge in [-0.25, -0.2) is 0 Å². The monoisotopic (exact) mass is 260 g/mol. The smallest absolute Gasteiger partial charge is 0.234 e. The maximum absolute atomic E-state index is 11.2. The molecule has 1 saturated heterocycles. The maximum Gasteiger partial charge on any atom is 0.234 e. The molecule has 0 radical (unpaired) electrons. The molecular formula is C13H25ClN2O. The summed E-state index contributed by atoms with van der Waals surface area (Å²) in [4.78, 5) is 13.7. The molecule has 100 valence electrons. The topological polar surface area (TPSA) is 32.3 Å². The molecule has 1 aliphatic heterocycles. The van der Waals surface area contributed by atoms with Gasteiger partial charge in [0.2, 0.25) is 5.91 Å². The predicted molar refractivity (Wildman–Crippen MR) is 72.4 cm³/mol. The van der Waals surface area contributed by atoms with Crippen molar-refractivity contribution in [3.8, 4) is 0 Å². The standard InChI is InChI=1S/C13H25ClN2O/c1-4-11-6-5-7-16(9-11)13(2,3)10-15-12(17)8-14/h11H,4-10H2,1-3H3,(H,15,17). The van der Waals surface area contributed by atoms with Gasteiger partial charge in [0.1, 0.15) is 5.88 Å². The minimum Gasteiger partial charge on any atom is -0.353 e. The van der Waals surface area contributed by atoms with Crippen LogP contribution in [0, 0.1) is 5.92 Å². The average Bonchev–Trinajstić information content (AvgIpc) is 2.36. The summed E-state index contributed by atoms with van der Waals surface area (Å²) in [6, 6.07) is 0. The van der Waals surface area contributed by atoms with E-state index < -0.39 is 0 Å². The third-order valence-electron chi connectivity index (χ3n) is 3.79. The summed E-state index contributed by atoms with van der Waals surface area (Å²) in [6.07, 6.45) is 3.86. The molecule has 0 aromatic carbocycles. The van der Waals surface area contributed by atoms with Crippen LogP contribution < -0.4 is 5.32 Å². The predicted octanol–water partition coefficient (Wildman–Crippen LogP) is 2.24. The van der Waals surface area contributed by atoms with Crippen LogP contribution in [0.5, 0.6) is 0 Å². The van der Waals surface area contributed by atoms with Crippen molar-refractivity contribution in [1.82, 2.24) is 10.2 Å². The second-order valence-electron chi connectivity index (χ2n) is 5.59. The molecule has 0 aromatic rings. The Morgan fingerprint density at radius 2 is 2.24 bits per heavy atom. The van der Waals surface area contributed by atoms with Crippen LogP contribution in [0.2, 0.25) is 0 Å². The van der Waals surface area contributed by atoms with E-state index in [0.29, 0.717) is 6.54 Å². The van der Waals surface area contributed by atoms with Gasteiger partial charge in [-0.1, -0.05) is 13.3 Å². The lowest BCUT2D eigenvalue weighted by Crippen LogP contribution is -2.55. The number of hydrogen-bond donors (Lipinski definition) is 1. The summed E-state index contributed by atoms with van der Waals surface area (Å²) in [6.45, 7) is 9.62. The minimum atomic E-state index is -0.0798. The first-order chi connectivity index (χ1) is 7.99. The average molecular weight is 261 g/mol. The number of hydrogen-bond acceptors (Lipinski definition) is 2. The second-order valence-corrected chi connectivity index (χ2v) is 5.85. The molecule has 17 heavy (non-hydrogen) atoms. The number of nitrogens with one attached hydrogen (secondary N) is 1. The number of halogens is 1. The number of nitrogens with zero attached hydrogens (tertiary/aromatic N) is 1. The van der Waals surface area contributed by atoms with Crippen LogP contribution in [-0.4, -0.2) is 41.9 Å². The van der Waals surface area contributed by atoms with Crippen LogP contribution in [0.4, 0.5) is 0 Å². The molecule has 1 atom stereocenters. The van der Waals surface area contributed by atoms with E-state index >= 15 is 0 Å². The highest BCUT2D eigenvalue weighted by Gasteiger charge is 2.30. The van der Waals surface area contributed by atoms with E-state index in [1.54, 1.807) is 0 Å². The van der Waals surface area contributed by atoms with E-state index in [1.165, 1.54) is 19.3 Å². The Morgan fingerprint density at radius 3 is 2.82 bits per heavy atom. The van der Waals surface area contributed by atoms with Gasteiger partial charge in [0.25, 0.3) is 0 Å². The Hall–Kier alpha value is -0.280. The van der Waals surface area contributed by atoms with Crippen molar-refractivity contribution in [1.29, 1.82) is 0 Å². The van der Waals surface area contributed by atoms with Gasteiger partial charge in [-0.05, 0) is 39.2 Å². The summed E-state index contributed by atoms with van der Waals surface area (Å²) in [5.41, 5.74) is 0.0234. The van der Waals surface area contributed by atoms with E-state index in [9.17, 15) is 4.79 Å². The Bertz CT molecular complexity index is 256. The highest BCUT2D eigenvalue weighted by atomic mass is 35.5. The van der Waals surface area contributed by atoms with Crippen LogP contribution in [0.15, 0.2) is 0 Å². The van der Waals surface area contributed by atoms with Crippen LogP contribution in [0.1, 0.15) is 40.0 Å². The van der Waals surface area contributed by atoms with Crippen molar-refractivity contribution >= 4 is 17.5 Å². The molecule has 4 heteroatoms. The van der Waals surface area contributed by atoms with Crippen molar-refractivity contribution in [2.75, 3.05) is 25.5 Å². The number of alkyl halides is 1. The lowest BCUT2D eigenvalue weighted by atomic mass is 9.91. The summed E-state index contributed by atoms with van der Waals surface area (Å²) in [5.74, 6) is 0.781. The number of piperidine rings is 1. The van der Waals surface area contributed by atoms with E-state index in [1.807, 2.05) is 0 Å². The normalized spacial score (nSPS) is 22.5. The van der Waals surface area contributed by atoms with E-state index in [4.69, 9.17) is 11.6 Å². The molecule has 1 unspecified atom stereocenters. The summed E-state index contributed by atoms with van der Waals surface area (Å²) in [5, 5.41) is 2.89. The molecule has 0 aliphatic carbocycles. The van der Waals surface area contributed by atoms with Crippen molar-refractivity contribution in [2.45, 2.75) is 45.6 Å². The molecule has 3 nitrogen and oxygen atoms in total. The quantitative estimate of drug-likeness (QED) is 0.769. The third kappa shape index (κ3) is 4.47. The molecule has 0 aromatic heterocycles. The SMILES string of the molecule is CCC1CCCN(C(C)(C)CNC(=O)CCl)C1. The number of likely N-dealkylation sites (tertiary alicyclic amines) is 1. The first-order valence-corrected chi connectivity index (χ1v) is 7.10. The summed E-state index contributed by atoms with van der Waals surface area (Å²) < 4.78 is 0. The lowest BCUT2D eigenvalue weighted by Gasteiger charge is -2.43. The van der Waals surface area contributed by atoms with E-state index in [0.717, 1.165) is 19.0 Å². The highest BCUT2D eigenvalue weighted by molar-refractivity contribution is 6.27. The fourth-order valence-electron chi connectivity index (χ4n) is 2.42. The first-order valence-electron chi connectivity index (χ1n) is 6.57. The lowest BCUT2D eigenvalue weighted by molar-refractivity contribution is -0.119. The van der Waals surface area contributed by atoms with Crippen molar-refractivity contribution in [3.05, 3.63) is 0 Å². The molecule has 1 fully saturated rings. The fraction of sp³-hybridized carbons (Fsp3) is 0.923. The van der Waals surface area contributed by atoms with Gasteiger partial charge in [0, 0.05) is 18.6 Å². The molecule has 1 N–H and O–H groups in total. The summed E-state index contributed by atoms with van der Waals surface area (Å²) >= 11 is 5.49. The van der Waals surface area contributed by atoms with Gasteiger partial charge < -0.3 is 5.32 Å². The number of rotatable bonds is 5. The minimum absolute atomic E-state index is 0.0234. The zero-order chi connectivity index (χ0) is 12.9. The Labute approximate surface area is 110 Å². The zero-order valence-electron chi connectivity index (χ0n) is 11.3. The second kappa shape index (κ2) is 6.60. The van der Waals surface area contributed by atoms with Gasteiger partial charge in [-0.15, -0.1) is 11.6 Å². The van der Waals surface area contributed by atoms with E-state index in [2.05, 4.69) is 31.0 Å². The molecule has 0 bridgehead atoms. The van der Waals surface area contributed by atoms with Gasteiger partial charge in [0.05, 0.1) is 0 Å². The highest BCUT2D eigenvalue weighted by Crippen LogP contribution is 2.25. The zero-order valence-corrected chi connectivity index (χ0v) is 12.0. The number of amides is 1. The molecule has 0 saturated carbocycles. The van der Waals surface area contributed by atoms with Crippen molar-refractivity contribution in [2.24, 2.45) is 5.92 Å². The van der Waals surface area contributed by atoms with Crippen LogP contribution in [0.3, 0.4) is 0 Å². The van der Waals surface area contributed by atoms with Crippen LogP contribution in [0.25, 0.3) is 0 Å². The van der Waals surface area contributed by atoms with Gasteiger partial charge in [-0.2, -0.15) is 0 Å². The Balaban J connectivity index is 2.47. The third-order valence-corrected chi connectivity index (χ3v) is 4.03. The first kappa shape index (κ1) is 14.8. The number of carbonyl (C=O) groups excluding carboxylic acids is 1. The molecular weight excluding hydrogens is 236 g/mol. The van der Waals surface area contributed by atoms with Gasteiger partial charge in [0.15, 0.2) is 0 Å². The molecule has 1 rings (SSSR count). The molecule has 1 aliphatic rings. The largest absolute Gasteiger partial charge is 0.353 e. The maximum atomic E-state index is 11.2. The molecule has 0 spiro atoms. The van der Waals surface area contributed by atoms with Gasteiger partial charge in [-0.3, -0.25) is 9.69 Å². The molecule has 1 heterocycles. The number of carbonyl (C=O) groups is 1. The van der Waals surface area contributed by atoms with Crippen molar-refractivity contribution < 1.29 is 4.79 Å². The van der Waals surface area contributed by atoms with Crippen molar-refractivity contribution in [3.63, 3.8) is 0 Å². The summed E-state index contributed by atoms with van der Waals surface area (Å²) in [7, 11) is 0. The Kier molecular flexibility index (Phi) is 5.74. The van der Waals surface area contributed by atoms with E-state index in [-0.39, 0.29) is 17.3 Å². The molecule has 1 amide bonds. The van der Waals surface area contributed by atoms with Crippen LogP contribution >= 0.6 is 11.6 Å². The van der Waals surface area contributed by atoms with Crippen LogP contribution in [-0.2, 0) is 4.79 Å². The van der Waals surface area contributed by atoms with Gasteiger partial charge >= 0.3 is 0 Å². The Morgan fingerprint density at radius 1 is 1.53 bits per heavy atom.